The first-order chi connectivity index (χ1) is 7.91. The molecule has 0 amide bonds. The van der Waals surface area contributed by atoms with Crippen LogP contribution in [0.4, 0.5) is 0 Å². The summed E-state index contributed by atoms with van der Waals surface area (Å²) in [6.45, 7) is 8.73. The summed E-state index contributed by atoms with van der Waals surface area (Å²) in [6.07, 6.45) is 2.19. The van der Waals surface area contributed by atoms with Gasteiger partial charge in [0.05, 0.1) is 5.92 Å². The van der Waals surface area contributed by atoms with Crippen LogP contribution in [0.2, 0.25) is 0 Å². The van der Waals surface area contributed by atoms with Gasteiger partial charge in [0.1, 0.15) is 12.2 Å². The first-order valence-electron chi connectivity index (χ1n) is 6.01. The molecule has 1 aromatic rings. The molecule has 1 N–H and O–H groups in total. The van der Waals surface area contributed by atoms with E-state index in [9.17, 15) is 4.79 Å². The maximum absolute atomic E-state index is 10.9. The smallest absolute Gasteiger partial charge is 0.306 e. The minimum atomic E-state index is -0.757. The fraction of sp³-hybridized carbons (Fsp3) is 0.750. The molecule has 0 radical (unpaired) electrons. The Morgan fingerprint density at radius 3 is 2.59 bits per heavy atom. The molecule has 0 fully saturated rings. The van der Waals surface area contributed by atoms with E-state index in [-0.39, 0.29) is 11.8 Å². The fourth-order valence-electron chi connectivity index (χ4n) is 1.65. The van der Waals surface area contributed by atoms with Crippen LogP contribution in [-0.2, 0) is 17.8 Å². The molecule has 1 aromatic heterocycles. The third-order valence-electron chi connectivity index (χ3n) is 2.98. The maximum Gasteiger partial charge on any atom is 0.306 e. The SMILES string of the molecule is CC(C)Cn1ncnc1CC(C)C(C)C(=O)O. The molecule has 0 saturated heterocycles. The molecule has 5 nitrogen and oxygen atoms in total. The van der Waals surface area contributed by atoms with Gasteiger partial charge in [0.25, 0.3) is 0 Å². The summed E-state index contributed by atoms with van der Waals surface area (Å²) >= 11 is 0. The van der Waals surface area contributed by atoms with Gasteiger partial charge in [0.2, 0.25) is 0 Å². The second-order valence-electron chi connectivity index (χ2n) is 5.06. The van der Waals surface area contributed by atoms with E-state index in [0.29, 0.717) is 12.3 Å². The standard InChI is InChI=1S/C12H21N3O2/c1-8(2)6-15-11(13-7-14-15)5-9(3)10(4)12(16)17/h7-10H,5-6H2,1-4H3,(H,16,17). The highest BCUT2D eigenvalue weighted by Crippen LogP contribution is 2.16. The van der Waals surface area contributed by atoms with E-state index >= 15 is 0 Å². The Labute approximate surface area is 102 Å². The van der Waals surface area contributed by atoms with Crippen LogP contribution in [0.3, 0.4) is 0 Å². The second kappa shape index (κ2) is 5.80. The molecule has 1 heterocycles. The lowest BCUT2D eigenvalue weighted by atomic mass is 9.93. The van der Waals surface area contributed by atoms with Crippen molar-refractivity contribution < 1.29 is 9.90 Å². The number of carboxylic acids is 1. The van der Waals surface area contributed by atoms with Gasteiger partial charge in [-0.15, -0.1) is 0 Å². The summed E-state index contributed by atoms with van der Waals surface area (Å²) in [7, 11) is 0. The van der Waals surface area contributed by atoms with E-state index in [1.807, 2.05) is 11.6 Å². The number of hydrogen-bond acceptors (Lipinski definition) is 3. The molecule has 17 heavy (non-hydrogen) atoms. The molecule has 0 spiro atoms. The average molecular weight is 239 g/mol. The number of carbonyl (C=O) groups is 1. The third kappa shape index (κ3) is 3.84. The minimum Gasteiger partial charge on any atom is -0.481 e. The molecule has 0 aromatic carbocycles. The van der Waals surface area contributed by atoms with E-state index in [4.69, 9.17) is 5.11 Å². The van der Waals surface area contributed by atoms with Crippen LogP contribution >= 0.6 is 0 Å². The normalized spacial score (nSPS) is 14.9. The Morgan fingerprint density at radius 1 is 1.41 bits per heavy atom. The summed E-state index contributed by atoms with van der Waals surface area (Å²) in [5, 5.41) is 13.1. The van der Waals surface area contributed by atoms with Gasteiger partial charge < -0.3 is 5.11 Å². The molecule has 96 valence electrons. The Balaban J connectivity index is 2.68. The molecule has 0 aliphatic carbocycles. The third-order valence-corrected chi connectivity index (χ3v) is 2.98. The molecule has 2 atom stereocenters. The lowest BCUT2D eigenvalue weighted by Crippen LogP contribution is -2.22. The highest BCUT2D eigenvalue weighted by Gasteiger charge is 2.21. The van der Waals surface area contributed by atoms with Crippen molar-refractivity contribution >= 4 is 5.97 Å². The van der Waals surface area contributed by atoms with E-state index in [1.165, 1.54) is 6.33 Å². The Morgan fingerprint density at radius 2 is 2.06 bits per heavy atom. The van der Waals surface area contributed by atoms with Crippen LogP contribution in [0.25, 0.3) is 0 Å². The van der Waals surface area contributed by atoms with Gasteiger partial charge in [0.15, 0.2) is 0 Å². The van der Waals surface area contributed by atoms with Crippen LogP contribution in [0, 0.1) is 17.8 Å². The summed E-state index contributed by atoms with van der Waals surface area (Å²) in [6, 6.07) is 0. The molecule has 0 aliphatic rings. The Kier molecular flexibility index (Phi) is 4.66. The van der Waals surface area contributed by atoms with Crippen molar-refractivity contribution in [1.82, 2.24) is 14.8 Å². The predicted molar refractivity (Wildman–Crippen MR) is 64.5 cm³/mol. The highest BCUT2D eigenvalue weighted by molar-refractivity contribution is 5.69. The molecule has 5 heteroatoms. The quantitative estimate of drug-likeness (QED) is 0.822. The van der Waals surface area contributed by atoms with E-state index in [2.05, 4.69) is 23.9 Å². The number of rotatable bonds is 6. The van der Waals surface area contributed by atoms with Gasteiger partial charge in [0, 0.05) is 13.0 Å². The van der Waals surface area contributed by atoms with Crippen molar-refractivity contribution in [3.8, 4) is 0 Å². The number of aliphatic carboxylic acids is 1. The van der Waals surface area contributed by atoms with Crippen molar-refractivity contribution in [3.05, 3.63) is 12.2 Å². The maximum atomic E-state index is 10.9. The monoisotopic (exact) mass is 239 g/mol. The molecule has 0 aliphatic heterocycles. The lowest BCUT2D eigenvalue weighted by molar-refractivity contribution is -0.142. The van der Waals surface area contributed by atoms with Crippen LogP contribution in [-0.4, -0.2) is 25.8 Å². The van der Waals surface area contributed by atoms with Crippen molar-refractivity contribution in [2.75, 3.05) is 0 Å². The highest BCUT2D eigenvalue weighted by atomic mass is 16.4. The number of carboxylic acid groups (broad SMARTS) is 1. The Hall–Kier alpha value is -1.39. The predicted octanol–water partition coefficient (Wildman–Crippen LogP) is 1.83. The van der Waals surface area contributed by atoms with Crippen molar-refractivity contribution in [2.45, 2.75) is 40.7 Å². The minimum absolute atomic E-state index is 0.0580. The van der Waals surface area contributed by atoms with Gasteiger partial charge in [-0.1, -0.05) is 27.7 Å². The van der Waals surface area contributed by atoms with Gasteiger partial charge in [-0.25, -0.2) is 9.67 Å². The molecule has 0 saturated carbocycles. The van der Waals surface area contributed by atoms with Crippen LogP contribution in [0.15, 0.2) is 6.33 Å². The molecular weight excluding hydrogens is 218 g/mol. The van der Waals surface area contributed by atoms with Gasteiger partial charge in [-0.05, 0) is 11.8 Å². The van der Waals surface area contributed by atoms with Crippen LogP contribution in [0.5, 0.6) is 0 Å². The van der Waals surface area contributed by atoms with E-state index < -0.39 is 5.97 Å². The first kappa shape index (κ1) is 13.7. The average Bonchev–Trinajstić information content (AvgIpc) is 2.63. The fourth-order valence-corrected chi connectivity index (χ4v) is 1.65. The van der Waals surface area contributed by atoms with Gasteiger partial charge >= 0.3 is 5.97 Å². The second-order valence-corrected chi connectivity index (χ2v) is 5.06. The summed E-state index contributed by atoms with van der Waals surface area (Å²) in [4.78, 5) is 15.1. The summed E-state index contributed by atoms with van der Waals surface area (Å²) in [5.74, 6) is 0.316. The molecule has 2 unspecified atom stereocenters. The molecular formula is C12H21N3O2. The largest absolute Gasteiger partial charge is 0.481 e. The number of aromatic nitrogens is 3. The van der Waals surface area contributed by atoms with Crippen molar-refractivity contribution in [3.63, 3.8) is 0 Å². The van der Waals surface area contributed by atoms with E-state index in [1.54, 1.807) is 6.92 Å². The molecule has 0 bridgehead atoms. The zero-order chi connectivity index (χ0) is 13.0. The zero-order valence-corrected chi connectivity index (χ0v) is 10.9. The van der Waals surface area contributed by atoms with Crippen LogP contribution < -0.4 is 0 Å². The number of hydrogen-bond donors (Lipinski definition) is 1. The topological polar surface area (TPSA) is 68.0 Å². The van der Waals surface area contributed by atoms with Crippen molar-refractivity contribution in [2.24, 2.45) is 17.8 Å². The van der Waals surface area contributed by atoms with Crippen molar-refractivity contribution in [1.29, 1.82) is 0 Å². The zero-order valence-electron chi connectivity index (χ0n) is 10.9. The summed E-state index contributed by atoms with van der Waals surface area (Å²) < 4.78 is 1.87. The Bertz CT molecular complexity index is 374. The number of nitrogens with zero attached hydrogens (tertiary/aromatic N) is 3. The van der Waals surface area contributed by atoms with Crippen LogP contribution in [0.1, 0.15) is 33.5 Å². The van der Waals surface area contributed by atoms with Gasteiger partial charge in [-0.3, -0.25) is 4.79 Å². The molecule has 1 rings (SSSR count). The summed E-state index contributed by atoms with van der Waals surface area (Å²) in [5.41, 5.74) is 0. The lowest BCUT2D eigenvalue weighted by Gasteiger charge is -2.16. The van der Waals surface area contributed by atoms with E-state index in [0.717, 1.165) is 12.4 Å². The first-order valence-corrected chi connectivity index (χ1v) is 6.01. The van der Waals surface area contributed by atoms with Gasteiger partial charge in [-0.2, -0.15) is 5.10 Å².